The zero-order valence-electron chi connectivity index (χ0n) is 51.2. The number of hydrogen-bond acceptors (Lipinski definition) is 6. The Morgan fingerprint density at radius 1 is 0.273 bits per heavy atom. The summed E-state index contributed by atoms with van der Waals surface area (Å²) in [7, 11) is 0. The number of ether oxygens (including phenoxy) is 3. The average molecular weight is 1080 g/mol. The first-order valence-electron chi connectivity index (χ1n) is 33.4. The molecule has 0 radical (unpaired) electrons. The summed E-state index contributed by atoms with van der Waals surface area (Å²) in [6.07, 6.45) is 85.2. The van der Waals surface area contributed by atoms with E-state index in [1.165, 1.54) is 231 Å². The van der Waals surface area contributed by atoms with Crippen LogP contribution in [0.1, 0.15) is 342 Å². The van der Waals surface area contributed by atoms with Gasteiger partial charge in [-0.15, -0.1) is 0 Å². The van der Waals surface area contributed by atoms with Crippen LogP contribution < -0.4 is 0 Å². The molecule has 0 rings (SSSR count). The number of carbonyl (C=O) groups is 3. The van der Waals surface area contributed by atoms with Crippen LogP contribution >= 0.6 is 0 Å². The van der Waals surface area contributed by atoms with E-state index < -0.39 is 6.10 Å². The summed E-state index contributed by atoms with van der Waals surface area (Å²) >= 11 is 0. The SMILES string of the molecule is CC/C=C\C/C=C\C/C=C\C/C=C\CCC(=O)OCC(COC(=O)CCCCCCCCCCCCCCCCCCC/C=C\CCCCCCCCCC)OC(=O)CCCCCCCCC/C=C\CCCCCCCC. The van der Waals surface area contributed by atoms with Gasteiger partial charge in [0.25, 0.3) is 0 Å². The van der Waals surface area contributed by atoms with Crippen molar-refractivity contribution in [1.82, 2.24) is 0 Å². The molecule has 0 saturated carbocycles. The summed E-state index contributed by atoms with van der Waals surface area (Å²) in [5, 5.41) is 0. The first kappa shape index (κ1) is 73.8. The summed E-state index contributed by atoms with van der Waals surface area (Å²) in [6.45, 7) is 6.49. The van der Waals surface area contributed by atoms with Crippen molar-refractivity contribution in [2.45, 2.75) is 348 Å². The monoisotopic (exact) mass is 1070 g/mol. The van der Waals surface area contributed by atoms with Crippen molar-refractivity contribution >= 4 is 17.9 Å². The van der Waals surface area contributed by atoms with Gasteiger partial charge in [0.1, 0.15) is 13.2 Å². The van der Waals surface area contributed by atoms with Crippen molar-refractivity contribution in [3.05, 3.63) is 72.9 Å². The maximum atomic E-state index is 12.9. The van der Waals surface area contributed by atoms with Gasteiger partial charge in [-0.05, 0) is 96.3 Å². The van der Waals surface area contributed by atoms with E-state index >= 15 is 0 Å². The molecule has 0 saturated heterocycles. The summed E-state index contributed by atoms with van der Waals surface area (Å²) in [5.74, 6) is -0.971. The summed E-state index contributed by atoms with van der Waals surface area (Å²) < 4.78 is 16.9. The zero-order chi connectivity index (χ0) is 55.7. The maximum absolute atomic E-state index is 12.9. The smallest absolute Gasteiger partial charge is 0.306 e. The average Bonchev–Trinajstić information content (AvgIpc) is 3.43. The highest BCUT2D eigenvalue weighted by molar-refractivity contribution is 5.71. The molecule has 446 valence electrons. The quantitative estimate of drug-likeness (QED) is 0.0261. The van der Waals surface area contributed by atoms with E-state index in [1.54, 1.807) is 0 Å². The van der Waals surface area contributed by atoms with E-state index in [9.17, 15) is 14.4 Å². The van der Waals surface area contributed by atoms with Crippen LogP contribution in [0.4, 0.5) is 0 Å². The molecule has 0 bridgehead atoms. The molecule has 0 aromatic heterocycles. The Morgan fingerprint density at radius 2 is 0.532 bits per heavy atom. The Bertz CT molecular complexity index is 1420. The number of carbonyl (C=O) groups excluding carboxylic acids is 3. The minimum atomic E-state index is -0.806. The highest BCUT2D eigenvalue weighted by atomic mass is 16.6. The first-order valence-corrected chi connectivity index (χ1v) is 33.4. The van der Waals surface area contributed by atoms with Gasteiger partial charge in [0.15, 0.2) is 6.10 Å². The molecule has 0 aliphatic carbocycles. The van der Waals surface area contributed by atoms with Crippen molar-refractivity contribution in [3.8, 4) is 0 Å². The van der Waals surface area contributed by atoms with E-state index in [0.29, 0.717) is 19.3 Å². The zero-order valence-corrected chi connectivity index (χ0v) is 51.2. The molecule has 0 amide bonds. The third-order valence-corrected chi connectivity index (χ3v) is 14.7. The molecule has 6 heteroatoms. The van der Waals surface area contributed by atoms with Crippen LogP contribution in [0.2, 0.25) is 0 Å². The van der Waals surface area contributed by atoms with E-state index in [4.69, 9.17) is 14.2 Å². The van der Waals surface area contributed by atoms with Crippen LogP contribution in [0.15, 0.2) is 72.9 Å². The Hall–Kier alpha value is -3.15. The number of unbranched alkanes of at least 4 members (excludes halogenated alkanes) is 38. The molecular formula is C71H126O6. The van der Waals surface area contributed by atoms with Crippen LogP contribution in [-0.4, -0.2) is 37.2 Å². The van der Waals surface area contributed by atoms with E-state index in [-0.39, 0.29) is 37.5 Å². The molecule has 0 heterocycles. The number of allylic oxidation sites excluding steroid dienone is 12. The van der Waals surface area contributed by atoms with Gasteiger partial charge in [0.2, 0.25) is 0 Å². The molecule has 0 aliphatic heterocycles. The molecular weight excluding hydrogens is 949 g/mol. The third-order valence-electron chi connectivity index (χ3n) is 14.7. The molecule has 77 heavy (non-hydrogen) atoms. The van der Waals surface area contributed by atoms with Crippen LogP contribution in [0.3, 0.4) is 0 Å². The number of hydrogen-bond donors (Lipinski definition) is 0. The lowest BCUT2D eigenvalue weighted by Gasteiger charge is -2.18. The molecule has 0 aromatic carbocycles. The summed E-state index contributed by atoms with van der Waals surface area (Å²) in [6, 6.07) is 0. The third kappa shape index (κ3) is 63.6. The van der Waals surface area contributed by atoms with Crippen LogP contribution in [0, 0.1) is 0 Å². The fourth-order valence-corrected chi connectivity index (χ4v) is 9.68. The van der Waals surface area contributed by atoms with Gasteiger partial charge in [-0.1, -0.05) is 299 Å². The summed E-state index contributed by atoms with van der Waals surface area (Å²) in [5.41, 5.74) is 0. The van der Waals surface area contributed by atoms with Gasteiger partial charge in [-0.3, -0.25) is 14.4 Å². The molecule has 0 N–H and O–H groups in total. The second-order valence-corrected chi connectivity index (χ2v) is 22.3. The van der Waals surface area contributed by atoms with Crippen molar-refractivity contribution in [1.29, 1.82) is 0 Å². The van der Waals surface area contributed by atoms with Gasteiger partial charge >= 0.3 is 17.9 Å². The van der Waals surface area contributed by atoms with Crippen LogP contribution in [0.25, 0.3) is 0 Å². The van der Waals surface area contributed by atoms with Gasteiger partial charge in [0, 0.05) is 19.3 Å². The van der Waals surface area contributed by atoms with Gasteiger partial charge in [0.05, 0.1) is 0 Å². The Labute approximate surface area is 478 Å². The van der Waals surface area contributed by atoms with Crippen molar-refractivity contribution in [3.63, 3.8) is 0 Å². The van der Waals surface area contributed by atoms with Crippen molar-refractivity contribution in [2.75, 3.05) is 13.2 Å². The Balaban J connectivity index is 4.23. The number of rotatable bonds is 61. The minimum absolute atomic E-state index is 0.0965. The fraction of sp³-hybridized carbons (Fsp3) is 0.789. The molecule has 6 nitrogen and oxygen atoms in total. The lowest BCUT2D eigenvalue weighted by atomic mass is 10.0. The van der Waals surface area contributed by atoms with Crippen LogP contribution in [0.5, 0.6) is 0 Å². The molecule has 0 aromatic rings. The van der Waals surface area contributed by atoms with E-state index in [0.717, 1.165) is 64.2 Å². The predicted octanol–water partition coefficient (Wildman–Crippen LogP) is 22.9. The Kier molecular flexibility index (Phi) is 62.7. The second-order valence-electron chi connectivity index (χ2n) is 22.3. The largest absolute Gasteiger partial charge is 0.462 e. The van der Waals surface area contributed by atoms with Crippen molar-refractivity contribution in [2.24, 2.45) is 0 Å². The van der Waals surface area contributed by atoms with Gasteiger partial charge in [-0.25, -0.2) is 0 Å². The normalized spacial score (nSPS) is 12.5. The first-order chi connectivity index (χ1) is 38.0. The number of esters is 3. The van der Waals surface area contributed by atoms with Crippen molar-refractivity contribution < 1.29 is 28.6 Å². The fourth-order valence-electron chi connectivity index (χ4n) is 9.68. The Morgan fingerprint density at radius 3 is 0.870 bits per heavy atom. The minimum Gasteiger partial charge on any atom is -0.462 e. The van der Waals surface area contributed by atoms with Gasteiger partial charge < -0.3 is 14.2 Å². The highest BCUT2D eigenvalue weighted by Gasteiger charge is 2.19. The second kappa shape index (κ2) is 65.4. The lowest BCUT2D eigenvalue weighted by molar-refractivity contribution is -0.166. The molecule has 1 atom stereocenters. The summed E-state index contributed by atoms with van der Waals surface area (Å²) in [4.78, 5) is 38.2. The lowest BCUT2D eigenvalue weighted by Crippen LogP contribution is -2.30. The van der Waals surface area contributed by atoms with E-state index in [2.05, 4.69) is 87.6 Å². The maximum Gasteiger partial charge on any atom is 0.306 e. The highest BCUT2D eigenvalue weighted by Crippen LogP contribution is 2.17. The predicted molar refractivity (Wildman–Crippen MR) is 335 cm³/mol. The standard InChI is InChI=1S/C71H126O6/c1-4-7-10-13-16-19-22-25-27-29-30-31-32-33-34-35-36-37-38-39-40-42-43-46-49-52-55-58-61-64-70(73)76-67-68(66-75-69(72)63-60-57-54-51-48-45-24-21-18-15-12-9-6-3)77-71(74)65-62-59-56-53-50-47-44-41-28-26-23-20-17-14-11-8-5-2/h9,12,18,21,26,28-30,45,48,54,57,68H,4-8,10-11,13-17,19-20,22-25,27,31-44,46-47,49-53,55-56,58-67H2,1-3H3/b12-9-,21-18-,28-26-,30-29-,48-45-,57-54-. The van der Waals surface area contributed by atoms with Crippen LogP contribution in [-0.2, 0) is 28.6 Å². The molecule has 1 unspecified atom stereocenters. The van der Waals surface area contributed by atoms with Gasteiger partial charge in [-0.2, -0.15) is 0 Å². The van der Waals surface area contributed by atoms with E-state index in [1.807, 2.05) is 6.08 Å². The molecule has 0 fully saturated rings. The topological polar surface area (TPSA) is 78.9 Å². The molecule has 0 spiro atoms. The molecule has 0 aliphatic rings.